The van der Waals surface area contributed by atoms with Crippen LogP contribution < -0.4 is 4.90 Å². The molecule has 2 aromatic rings. The Balaban J connectivity index is 1.36. The molecule has 0 N–H and O–H groups in total. The number of carbonyl (C=O) groups excluding carboxylic acids is 1. The van der Waals surface area contributed by atoms with E-state index < -0.39 is 35.3 Å². The third kappa shape index (κ3) is 4.47. The number of hydrogen-bond acceptors (Lipinski definition) is 3. The number of halogens is 6. The van der Waals surface area contributed by atoms with E-state index in [0.717, 1.165) is 18.3 Å². The molecular formula is C21H19F6N3O. The van der Waals surface area contributed by atoms with Crippen LogP contribution in [-0.4, -0.2) is 42.0 Å². The fourth-order valence-corrected chi connectivity index (χ4v) is 4.02. The van der Waals surface area contributed by atoms with Gasteiger partial charge in [-0.1, -0.05) is 18.2 Å². The smallest absolute Gasteiger partial charge is 0.353 e. The molecule has 1 aromatic heterocycles. The van der Waals surface area contributed by atoms with Gasteiger partial charge in [0.05, 0.1) is 11.1 Å². The Morgan fingerprint density at radius 1 is 0.903 bits per heavy atom. The first-order valence-corrected chi connectivity index (χ1v) is 9.79. The molecule has 0 spiro atoms. The molecule has 1 aliphatic heterocycles. The van der Waals surface area contributed by atoms with E-state index in [2.05, 4.69) is 4.98 Å². The molecule has 1 aromatic carbocycles. The number of benzene rings is 1. The summed E-state index contributed by atoms with van der Waals surface area (Å²) >= 11 is 0. The normalized spacial score (nSPS) is 21.9. The topological polar surface area (TPSA) is 36.4 Å². The molecule has 2 atom stereocenters. The van der Waals surface area contributed by atoms with E-state index >= 15 is 0 Å². The standard InChI is InChI=1S/C21H19F6N3O/c22-20(23,24)13-5-6-18(28-12-13)29-7-9-30(10-8-29)19(31)16-11-15(16)14-3-1-2-4-17(14)21(25,26)27/h1-6,12,15-16H,7-11H2. The van der Waals surface area contributed by atoms with Gasteiger partial charge in [-0.25, -0.2) is 4.98 Å². The number of piperazine rings is 1. The summed E-state index contributed by atoms with van der Waals surface area (Å²) < 4.78 is 77.7. The number of aromatic nitrogens is 1. The Labute approximate surface area is 174 Å². The van der Waals surface area contributed by atoms with Gasteiger partial charge >= 0.3 is 12.4 Å². The van der Waals surface area contributed by atoms with Crippen LogP contribution in [0.1, 0.15) is 29.0 Å². The Morgan fingerprint density at radius 3 is 2.16 bits per heavy atom. The summed E-state index contributed by atoms with van der Waals surface area (Å²) in [6, 6.07) is 7.60. The summed E-state index contributed by atoms with van der Waals surface area (Å²) in [5.74, 6) is -0.704. The van der Waals surface area contributed by atoms with E-state index in [0.29, 0.717) is 38.4 Å². The van der Waals surface area contributed by atoms with Crippen LogP contribution in [0.15, 0.2) is 42.6 Å². The van der Waals surface area contributed by atoms with Crippen molar-refractivity contribution in [2.75, 3.05) is 31.1 Å². The van der Waals surface area contributed by atoms with Crippen LogP contribution in [0.4, 0.5) is 32.2 Å². The van der Waals surface area contributed by atoms with E-state index in [4.69, 9.17) is 0 Å². The first-order chi connectivity index (χ1) is 14.6. The third-order valence-electron chi connectivity index (χ3n) is 5.76. The van der Waals surface area contributed by atoms with Crippen LogP contribution in [0.3, 0.4) is 0 Å². The Kier molecular flexibility index (Phi) is 5.35. The Morgan fingerprint density at radius 2 is 1.58 bits per heavy atom. The van der Waals surface area contributed by atoms with Crippen molar-refractivity contribution in [2.24, 2.45) is 5.92 Å². The molecule has 1 saturated heterocycles. The van der Waals surface area contributed by atoms with Crippen molar-refractivity contribution < 1.29 is 31.1 Å². The van der Waals surface area contributed by atoms with Gasteiger partial charge in [-0.05, 0) is 36.1 Å². The van der Waals surface area contributed by atoms with Crippen molar-refractivity contribution in [3.8, 4) is 0 Å². The van der Waals surface area contributed by atoms with Gasteiger partial charge in [0, 0.05) is 38.3 Å². The summed E-state index contributed by atoms with van der Waals surface area (Å²) in [6.45, 7) is 1.46. The monoisotopic (exact) mass is 443 g/mol. The Bertz CT molecular complexity index is 949. The van der Waals surface area contributed by atoms with Gasteiger partial charge in [0.25, 0.3) is 0 Å². The summed E-state index contributed by atoms with van der Waals surface area (Å²) in [6.07, 6.45) is -7.76. The van der Waals surface area contributed by atoms with Gasteiger partial charge < -0.3 is 9.80 Å². The van der Waals surface area contributed by atoms with E-state index in [1.54, 1.807) is 15.9 Å². The summed E-state index contributed by atoms with van der Waals surface area (Å²) in [7, 11) is 0. The first kappa shape index (κ1) is 21.5. The van der Waals surface area contributed by atoms with Crippen molar-refractivity contribution in [3.05, 3.63) is 59.3 Å². The quantitative estimate of drug-likeness (QED) is 0.653. The van der Waals surface area contributed by atoms with Crippen molar-refractivity contribution >= 4 is 11.7 Å². The van der Waals surface area contributed by atoms with Crippen molar-refractivity contribution in [1.29, 1.82) is 0 Å². The number of carbonyl (C=O) groups is 1. The fourth-order valence-electron chi connectivity index (χ4n) is 4.02. The minimum atomic E-state index is -4.47. The number of rotatable bonds is 3. The summed E-state index contributed by atoms with van der Waals surface area (Å²) in [5, 5.41) is 0. The average molecular weight is 443 g/mol. The van der Waals surface area contributed by atoms with Crippen LogP contribution >= 0.6 is 0 Å². The SMILES string of the molecule is O=C(C1CC1c1ccccc1C(F)(F)F)N1CCN(c2ccc(C(F)(F)F)cn2)CC1. The largest absolute Gasteiger partial charge is 0.417 e. The minimum absolute atomic E-state index is 0.154. The second-order valence-corrected chi connectivity index (χ2v) is 7.75. The molecule has 0 bridgehead atoms. The molecule has 2 aliphatic rings. The molecule has 166 valence electrons. The highest BCUT2D eigenvalue weighted by Gasteiger charge is 2.49. The van der Waals surface area contributed by atoms with Crippen molar-refractivity contribution in [2.45, 2.75) is 24.7 Å². The van der Waals surface area contributed by atoms with Crippen molar-refractivity contribution in [3.63, 3.8) is 0 Å². The number of amides is 1. The average Bonchev–Trinajstić information content (AvgIpc) is 3.53. The van der Waals surface area contributed by atoms with Gasteiger partial charge in [-0.2, -0.15) is 26.3 Å². The molecule has 10 heteroatoms. The summed E-state index contributed by atoms with van der Waals surface area (Å²) in [4.78, 5) is 20.1. The van der Waals surface area contributed by atoms with E-state index in [1.165, 1.54) is 18.2 Å². The highest BCUT2D eigenvalue weighted by atomic mass is 19.4. The second kappa shape index (κ2) is 7.72. The molecule has 2 unspecified atom stereocenters. The number of anilines is 1. The molecular weight excluding hydrogens is 424 g/mol. The van der Waals surface area contributed by atoms with Gasteiger partial charge in [0.2, 0.25) is 5.91 Å². The molecule has 31 heavy (non-hydrogen) atoms. The first-order valence-electron chi connectivity index (χ1n) is 9.79. The van der Waals surface area contributed by atoms with Gasteiger partial charge in [-0.15, -0.1) is 0 Å². The van der Waals surface area contributed by atoms with Crippen LogP contribution in [-0.2, 0) is 17.1 Å². The minimum Gasteiger partial charge on any atom is -0.353 e. The van der Waals surface area contributed by atoms with Gasteiger partial charge in [-0.3, -0.25) is 4.79 Å². The zero-order valence-corrected chi connectivity index (χ0v) is 16.2. The lowest BCUT2D eigenvalue weighted by Gasteiger charge is -2.35. The number of pyridine rings is 1. The molecule has 0 radical (unpaired) electrons. The predicted octanol–water partition coefficient (Wildman–Crippen LogP) is 4.57. The van der Waals surface area contributed by atoms with Gasteiger partial charge in [0.15, 0.2) is 0 Å². The lowest BCUT2D eigenvalue weighted by Crippen LogP contribution is -2.49. The zero-order valence-electron chi connectivity index (χ0n) is 16.2. The summed E-state index contributed by atoms with van der Waals surface area (Å²) in [5.41, 5.74) is -1.38. The van der Waals surface area contributed by atoms with E-state index in [-0.39, 0.29) is 11.5 Å². The molecule has 2 fully saturated rings. The lowest BCUT2D eigenvalue weighted by atomic mass is 10.0. The van der Waals surface area contributed by atoms with Crippen LogP contribution in [0.2, 0.25) is 0 Å². The highest BCUT2D eigenvalue weighted by molar-refractivity contribution is 5.83. The maximum atomic E-state index is 13.2. The number of nitrogens with zero attached hydrogens (tertiary/aromatic N) is 3. The van der Waals surface area contributed by atoms with E-state index in [1.807, 2.05) is 0 Å². The Hall–Kier alpha value is -2.78. The molecule has 1 aliphatic carbocycles. The third-order valence-corrected chi connectivity index (χ3v) is 5.76. The second-order valence-electron chi connectivity index (χ2n) is 7.75. The molecule has 4 nitrogen and oxygen atoms in total. The molecule has 1 saturated carbocycles. The highest BCUT2D eigenvalue weighted by Crippen LogP contribution is 2.51. The predicted molar refractivity (Wildman–Crippen MR) is 100 cm³/mol. The zero-order chi connectivity index (χ0) is 22.4. The molecule has 4 rings (SSSR count). The van der Waals surface area contributed by atoms with Crippen LogP contribution in [0, 0.1) is 5.92 Å². The number of hydrogen-bond donors (Lipinski definition) is 0. The van der Waals surface area contributed by atoms with E-state index in [9.17, 15) is 31.1 Å². The fraction of sp³-hybridized carbons (Fsp3) is 0.429. The van der Waals surface area contributed by atoms with Gasteiger partial charge in [0.1, 0.15) is 5.82 Å². The lowest BCUT2D eigenvalue weighted by molar-refractivity contribution is -0.139. The number of alkyl halides is 6. The maximum absolute atomic E-state index is 13.2. The molecule has 1 amide bonds. The maximum Gasteiger partial charge on any atom is 0.417 e. The van der Waals surface area contributed by atoms with Crippen LogP contribution in [0.5, 0.6) is 0 Å². The van der Waals surface area contributed by atoms with Crippen molar-refractivity contribution in [1.82, 2.24) is 9.88 Å². The van der Waals surface area contributed by atoms with Crippen LogP contribution in [0.25, 0.3) is 0 Å². The molecule has 2 heterocycles.